The fourth-order valence-corrected chi connectivity index (χ4v) is 1.79. The number of aliphatic hydroxyl groups excluding tert-OH is 1. The van der Waals surface area contributed by atoms with Crippen LogP contribution >= 0.6 is 0 Å². The number of nitrogens with one attached hydrogen (secondary N) is 3. The number of hydrogen-bond acceptors (Lipinski definition) is 8. The van der Waals surface area contributed by atoms with Crippen molar-refractivity contribution in [3.05, 3.63) is 0 Å². The molecule has 0 heterocycles. The first-order valence-electron chi connectivity index (χ1n) is 7.88. The summed E-state index contributed by atoms with van der Waals surface area (Å²) >= 11 is 0. The van der Waals surface area contributed by atoms with E-state index in [-0.39, 0.29) is 12.8 Å². The first kappa shape index (κ1) is 24.7. The molecule has 158 valence electrons. The number of hydrogen-bond donors (Lipinski definition) is 8. The Kier molecular flexibility index (Phi) is 10.8. The van der Waals surface area contributed by atoms with Gasteiger partial charge in [-0.25, -0.2) is 4.79 Å². The van der Waals surface area contributed by atoms with Gasteiger partial charge < -0.3 is 42.1 Å². The van der Waals surface area contributed by atoms with E-state index in [0.717, 1.165) is 0 Å². The minimum atomic E-state index is -1.71. The number of carbonyl (C=O) groups excluding carboxylic acids is 3. The van der Waals surface area contributed by atoms with Crippen LogP contribution in [0.4, 0.5) is 0 Å². The second kappa shape index (κ2) is 12.2. The predicted molar refractivity (Wildman–Crippen MR) is 88.7 cm³/mol. The van der Waals surface area contributed by atoms with Gasteiger partial charge in [-0.05, 0) is 6.42 Å². The maximum absolute atomic E-state index is 11.9. The summed E-state index contributed by atoms with van der Waals surface area (Å²) in [7, 11) is 0. The molecule has 0 aromatic rings. The van der Waals surface area contributed by atoms with Crippen molar-refractivity contribution in [3.8, 4) is 0 Å². The molecule has 0 bridgehead atoms. The molecule has 14 nitrogen and oxygen atoms in total. The summed E-state index contributed by atoms with van der Waals surface area (Å²) in [6, 6.07) is -4.44. The molecule has 28 heavy (non-hydrogen) atoms. The van der Waals surface area contributed by atoms with Crippen LogP contribution in [0, 0.1) is 0 Å². The van der Waals surface area contributed by atoms with Gasteiger partial charge in [-0.1, -0.05) is 0 Å². The van der Waals surface area contributed by atoms with Crippen molar-refractivity contribution < 1.29 is 49.2 Å². The quantitative estimate of drug-likeness (QED) is 0.146. The Morgan fingerprint density at radius 3 is 1.93 bits per heavy atom. The summed E-state index contributed by atoms with van der Waals surface area (Å²) < 4.78 is 0. The Morgan fingerprint density at radius 2 is 1.46 bits per heavy atom. The van der Waals surface area contributed by atoms with Crippen molar-refractivity contribution in [3.63, 3.8) is 0 Å². The first-order chi connectivity index (χ1) is 13.0. The standard InChI is InChI=1S/C14H22N4O10/c15-6(1-2-10(21)22)12(25)18-8(5-19)13(26)16-4-9(20)17-7(14(27)28)3-11(23)24/h6-8,19H,1-5,15H2,(H,16,26)(H,17,20)(H,18,25)(H,21,22)(H,23,24)(H,27,28). The van der Waals surface area contributed by atoms with Gasteiger partial charge in [-0.2, -0.15) is 0 Å². The van der Waals surface area contributed by atoms with Gasteiger partial charge >= 0.3 is 17.9 Å². The molecule has 0 rings (SSSR count). The molecule has 0 aromatic heterocycles. The predicted octanol–water partition coefficient (Wildman–Crippen LogP) is -4.18. The summed E-state index contributed by atoms with van der Waals surface area (Å²) in [5.74, 6) is -7.12. The molecular formula is C14H22N4O10. The van der Waals surface area contributed by atoms with Gasteiger partial charge in [0, 0.05) is 6.42 Å². The van der Waals surface area contributed by atoms with Crippen LogP contribution in [0.5, 0.6) is 0 Å². The zero-order valence-electron chi connectivity index (χ0n) is 14.6. The number of carboxylic acids is 3. The SMILES string of the molecule is NC(CCC(=O)O)C(=O)NC(CO)C(=O)NCC(=O)NC(CC(=O)O)C(=O)O. The topological polar surface area (TPSA) is 245 Å². The Hall–Kier alpha value is -3.26. The van der Waals surface area contributed by atoms with Crippen LogP contribution in [0.25, 0.3) is 0 Å². The molecule has 9 N–H and O–H groups in total. The Balaban J connectivity index is 4.58. The van der Waals surface area contributed by atoms with E-state index in [4.69, 9.17) is 21.1 Å². The summed E-state index contributed by atoms with van der Waals surface area (Å²) in [5.41, 5.74) is 5.46. The highest BCUT2D eigenvalue weighted by molar-refractivity contribution is 5.93. The normalized spacial score (nSPS) is 13.5. The van der Waals surface area contributed by atoms with Crippen LogP contribution in [0.3, 0.4) is 0 Å². The monoisotopic (exact) mass is 406 g/mol. The number of nitrogens with two attached hydrogens (primary N) is 1. The molecule has 0 aliphatic rings. The second-order valence-electron chi connectivity index (χ2n) is 5.56. The van der Waals surface area contributed by atoms with Crippen LogP contribution in [-0.4, -0.2) is 87.3 Å². The highest BCUT2D eigenvalue weighted by atomic mass is 16.4. The van der Waals surface area contributed by atoms with Crippen LogP contribution in [0.15, 0.2) is 0 Å². The second-order valence-corrected chi connectivity index (χ2v) is 5.56. The maximum Gasteiger partial charge on any atom is 0.326 e. The summed E-state index contributed by atoms with van der Waals surface area (Å²) in [4.78, 5) is 67.1. The van der Waals surface area contributed by atoms with Gasteiger partial charge in [0.15, 0.2) is 0 Å². The molecule has 3 unspecified atom stereocenters. The molecular weight excluding hydrogens is 384 g/mol. The smallest absolute Gasteiger partial charge is 0.326 e. The molecule has 0 spiro atoms. The van der Waals surface area contributed by atoms with Crippen molar-refractivity contribution in [2.75, 3.05) is 13.2 Å². The highest BCUT2D eigenvalue weighted by Gasteiger charge is 2.26. The van der Waals surface area contributed by atoms with Gasteiger partial charge in [0.2, 0.25) is 17.7 Å². The summed E-state index contributed by atoms with van der Waals surface area (Å²) in [6.45, 7) is -1.61. The zero-order valence-corrected chi connectivity index (χ0v) is 14.6. The van der Waals surface area contributed by atoms with E-state index >= 15 is 0 Å². The van der Waals surface area contributed by atoms with Crippen molar-refractivity contribution in [1.29, 1.82) is 0 Å². The van der Waals surface area contributed by atoms with Gasteiger partial charge in [-0.3, -0.25) is 24.0 Å². The molecule has 0 radical (unpaired) electrons. The number of carbonyl (C=O) groups is 6. The maximum atomic E-state index is 11.9. The number of aliphatic carboxylic acids is 3. The molecule has 0 aliphatic heterocycles. The van der Waals surface area contributed by atoms with Crippen LogP contribution in [-0.2, 0) is 28.8 Å². The Labute approximate surface area is 158 Å². The van der Waals surface area contributed by atoms with Gasteiger partial charge in [-0.15, -0.1) is 0 Å². The van der Waals surface area contributed by atoms with E-state index in [1.807, 2.05) is 10.6 Å². The van der Waals surface area contributed by atoms with Crippen molar-refractivity contribution in [1.82, 2.24) is 16.0 Å². The first-order valence-corrected chi connectivity index (χ1v) is 7.88. The molecule has 0 fully saturated rings. The van der Waals surface area contributed by atoms with E-state index in [2.05, 4.69) is 5.32 Å². The van der Waals surface area contributed by atoms with Gasteiger partial charge in [0.25, 0.3) is 0 Å². The Morgan fingerprint density at radius 1 is 0.857 bits per heavy atom. The zero-order chi connectivity index (χ0) is 21.9. The van der Waals surface area contributed by atoms with E-state index in [1.165, 1.54) is 0 Å². The van der Waals surface area contributed by atoms with Crippen molar-refractivity contribution >= 4 is 35.6 Å². The van der Waals surface area contributed by atoms with Crippen LogP contribution < -0.4 is 21.7 Å². The van der Waals surface area contributed by atoms with Crippen molar-refractivity contribution in [2.45, 2.75) is 37.4 Å². The molecule has 3 atom stereocenters. The average Bonchev–Trinajstić information content (AvgIpc) is 2.60. The lowest BCUT2D eigenvalue weighted by molar-refractivity contribution is -0.147. The van der Waals surface area contributed by atoms with E-state index in [1.54, 1.807) is 0 Å². The van der Waals surface area contributed by atoms with E-state index < -0.39 is 73.3 Å². The number of rotatable bonds is 13. The molecule has 3 amide bonds. The molecule has 0 saturated carbocycles. The van der Waals surface area contributed by atoms with Crippen LogP contribution in [0.1, 0.15) is 19.3 Å². The summed E-state index contributed by atoms with van der Waals surface area (Å²) in [6.07, 6.45) is -1.46. The minimum absolute atomic E-state index is 0.205. The minimum Gasteiger partial charge on any atom is -0.481 e. The van der Waals surface area contributed by atoms with Crippen molar-refractivity contribution in [2.24, 2.45) is 5.73 Å². The van der Waals surface area contributed by atoms with Crippen LogP contribution in [0.2, 0.25) is 0 Å². The largest absolute Gasteiger partial charge is 0.481 e. The molecule has 0 aliphatic carbocycles. The van der Waals surface area contributed by atoms with E-state index in [9.17, 15) is 33.9 Å². The summed E-state index contributed by atoms with van der Waals surface area (Å²) in [5, 5.41) is 41.1. The third-order valence-corrected chi connectivity index (χ3v) is 3.26. The molecule has 0 aromatic carbocycles. The van der Waals surface area contributed by atoms with Gasteiger partial charge in [0.1, 0.15) is 12.1 Å². The average molecular weight is 406 g/mol. The highest BCUT2D eigenvalue weighted by Crippen LogP contribution is 1.96. The lowest BCUT2D eigenvalue weighted by Gasteiger charge is -2.19. The number of carboxylic acid groups (broad SMARTS) is 3. The lowest BCUT2D eigenvalue weighted by Crippen LogP contribution is -2.55. The molecule has 14 heteroatoms. The van der Waals surface area contributed by atoms with E-state index in [0.29, 0.717) is 0 Å². The third kappa shape index (κ3) is 10.0. The fraction of sp³-hybridized carbons (Fsp3) is 0.571. The lowest BCUT2D eigenvalue weighted by atomic mass is 10.1. The molecule has 0 saturated heterocycles. The van der Waals surface area contributed by atoms with Gasteiger partial charge in [0.05, 0.1) is 25.6 Å². The Bertz CT molecular complexity index is 623. The number of aliphatic hydroxyl groups is 1. The fourth-order valence-electron chi connectivity index (χ4n) is 1.79. The number of amides is 3. The third-order valence-electron chi connectivity index (χ3n) is 3.26.